The van der Waals surface area contributed by atoms with Gasteiger partial charge in [0.15, 0.2) is 0 Å². The zero-order valence-electron chi connectivity index (χ0n) is 50.8. The number of esters is 1. The Hall–Kier alpha value is -1.66. The summed E-state index contributed by atoms with van der Waals surface area (Å²) in [6.45, 7) is 4.92. The summed E-state index contributed by atoms with van der Waals surface area (Å²) in [6.07, 6.45) is 80.9. The van der Waals surface area contributed by atoms with Crippen LogP contribution in [0.5, 0.6) is 0 Å². The van der Waals surface area contributed by atoms with Gasteiger partial charge in [0.1, 0.15) is 0 Å². The molecule has 3 N–H and O–H groups in total. The van der Waals surface area contributed by atoms with E-state index in [0.717, 1.165) is 44.9 Å². The van der Waals surface area contributed by atoms with Crippen LogP contribution < -0.4 is 5.32 Å². The van der Waals surface area contributed by atoms with Gasteiger partial charge in [0.2, 0.25) is 5.91 Å². The third-order valence-electron chi connectivity index (χ3n) is 16.0. The highest BCUT2D eigenvalue weighted by molar-refractivity contribution is 5.76. The van der Waals surface area contributed by atoms with Crippen molar-refractivity contribution in [3.8, 4) is 0 Å². The average Bonchev–Trinajstić information content (AvgIpc) is 3.41. The van der Waals surface area contributed by atoms with Crippen LogP contribution in [0.2, 0.25) is 0 Å². The topological polar surface area (TPSA) is 95.9 Å². The lowest BCUT2D eigenvalue weighted by atomic mass is 10.0. The Morgan fingerprint density at radius 2 is 0.627 bits per heavy atom. The number of hydrogen-bond acceptors (Lipinski definition) is 5. The Balaban J connectivity index is 3.43. The third-order valence-corrected chi connectivity index (χ3v) is 16.0. The van der Waals surface area contributed by atoms with Crippen LogP contribution in [0.1, 0.15) is 380 Å². The van der Waals surface area contributed by atoms with Crippen molar-refractivity contribution in [3.05, 3.63) is 24.3 Å². The molecule has 0 radical (unpaired) electrons. The van der Waals surface area contributed by atoms with Gasteiger partial charge >= 0.3 is 5.97 Å². The van der Waals surface area contributed by atoms with E-state index in [0.29, 0.717) is 19.4 Å². The summed E-state index contributed by atoms with van der Waals surface area (Å²) >= 11 is 0. The Bertz CT molecular complexity index is 1170. The van der Waals surface area contributed by atoms with Gasteiger partial charge in [-0.05, 0) is 57.8 Å². The summed E-state index contributed by atoms with van der Waals surface area (Å²) in [6, 6.07) is -0.631. The fraction of sp³-hybridized carbons (Fsp3) is 0.913. The molecule has 0 bridgehead atoms. The molecule has 0 aromatic heterocycles. The van der Waals surface area contributed by atoms with E-state index in [1.807, 2.05) is 6.08 Å². The minimum absolute atomic E-state index is 0.00129. The predicted molar refractivity (Wildman–Crippen MR) is 329 cm³/mol. The first-order valence-corrected chi connectivity index (χ1v) is 34.1. The molecular weight excluding hydrogens is 923 g/mol. The lowest BCUT2D eigenvalue weighted by molar-refractivity contribution is -0.143. The Labute approximate surface area is 469 Å². The van der Waals surface area contributed by atoms with Gasteiger partial charge in [0, 0.05) is 12.8 Å². The van der Waals surface area contributed by atoms with Crippen LogP contribution in [0.4, 0.5) is 0 Å². The molecule has 0 saturated heterocycles. The molecule has 6 nitrogen and oxygen atoms in total. The standard InChI is InChI=1S/C69H133NO5/c1-3-5-7-9-11-13-15-17-19-20-21-22-23-24-25-27-30-34-37-41-45-49-53-57-61-67(72)66(65-71)70-68(73)62-58-54-50-46-42-38-35-31-28-26-29-32-36-40-44-48-52-56-60-64-75-69(74)63-59-55-51-47-43-39-33-18-16-14-12-10-8-6-4-2/h18,33,57,61,66-67,71-72H,3-17,19-32,34-56,58-60,62-65H2,1-2H3,(H,70,73)/b33-18-,61-57+. The van der Waals surface area contributed by atoms with Gasteiger partial charge in [0.25, 0.3) is 0 Å². The number of aliphatic hydroxyl groups is 2. The zero-order valence-corrected chi connectivity index (χ0v) is 50.8. The van der Waals surface area contributed by atoms with E-state index in [-0.39, 0.29) is 18.5 Å². The molecule has 0 spiro atoms. The average molecular weight is 1060 g/mol. The van der Waals surface area contributed by atoms with Crippen molar-refractivity contribution in [3.63, 3.8) is 0 Å². The predicted octanol–water partition coefficient (Wildman–Crippen LogP) is 21.8. The summed E-state index contributed by atoms with van der Waals surface area (Å²) in [5, 5.41) is 23.3. The number of ether oxygens (including phenoxy) is 1. The normalized spacial score (nSPS) is 12.6. The van der Waals surface area contributed by atoms with E-state index in [2.05, 4.69) is 31.3 Å². The Morgan fingerprint density at radius 1 is 0.360 bits per heavy atom. The number of carbonyl (C=O) groups excluding carboxylic acids is 2. The van der Waals surface area contributed by atoms with Crippen LogP contribution in [0.3, 0.4) is 0 Å². The Kier molecular flexibility index (Phi) is 63.4. The SMILES string of the molecule is CCCCCCCC/C=C\CCCCCCCC(=O)OCCCCCCCCCCCCCCCCCCCCCC(=O)NC(CO)C(O)/C=C/CCCCCCCCCCCCCCCCCCCCCCCC. The second-order valence-electron chi connectivity index (χ2n) is 23.5. The smallest absolute Gasteiger partial charge is 0.305 e. The van der Waals surface area contributed by atoms with Crippen molar-refractivity contribution >= 4 is 11.9 Å². The number of aliphatic hydroxyl groups excluding tert-OH is 2. The first-order valence-electron chi connectivity index (χ1n) is 34.1. The molecule has 75 heavy (non-hydrogen) atoms. The van der Waals surface area contributed by atoms with Crippen LogP contribution in [-0.2, 0) is 14.3 Å². The summed E-state index contributed by atoms with van der Waals surface area (Å²) in [5.74, 6) is -0.0655. The summed E-state index contributed by atoms with van der Waals surface area (Å²) in [7, 11) is 0. The van der Waals surface area contributed by atoms with Crippen molar-refractivity contribution < 1.29 is 24.5 Å². The number of hydrogen-bond donors (Lipinski definition) is 3. The van der Waals surface area contributed by atoms with Crippen molar-refractivity contribution in [2.45, 2.75) is 392 Å². The fourth-order valence-corrected chi connectivity index (χ4v) is 10.7. The van der Waals surface area contributed by atoms with Crippen molar-refractivity contribution in [1.82, 2.24) is 5.32 Å². The summed E-state index contributed by atoms with van der Waals surface area (Å²) < 4.78 is 5.49. The van der Waals surface area contributed by atoms with E-state index in [1.54, 1.807) is 6.08 Å². The summed E-state index contributed by atoms with van der Waals surface area (Å²) in [4.78, 5) is 24.6. The molecule has 6 heteroatoms. The number of allylic oxidation sites excluding steroid dienone is 3. The van der Waals surface area contributed by atoms with Crippen LogP contribution >= 0.6 is 0 Å². The van der Waals surface area contributed by atoms with E-state index in [9.17, 15) is 19.8 Å². The second kappa shape index (κ2) is 64.9. The van der Waals surface area contributed by atoms with Crippen molar-refractivity contribution in [1.29, 1.82) is 0 Å². The molecule has 0 rings (SSSR count). The maximum atomic E-state index is 12.5. The molecular formula is C69H133NO5. The lowest BCUT2D eigenvalue weighted by Crippen LogP contribution is -2.45. The van der Waals surface area contributed by atoms with Gasteiger partial charge in [-0.25, -0.2) is 0 Å². The third kappa shape index (κ3) is 61.4. The summed E-state index contributed by atoms with van der Waals surface area (Å²) in [5.41, 5.74) is 0. The first-order chi connectivity index (χ1) is 37.0. The minimum Gasteiger partial charge on any atom is -0.466 e. The van der Waals surface area contributed by atoms with Crippen LogP contribution in [-0.4, -0.2) is 47.4 Å². The molecule has 0 aromatic rings. The Morgan fingerprint density at radius 3 is 0.947 bits per heavy atom. The molecule has 0 saturated carbocycles. The fourth-order valence-electron chi connectivity index (χ4n) is 10.7. The highest BCUT2D eigenvalue weighted by atomic mass is 16.5. The van der Waals surface area contributed by atoms with Gasteiger partial charge in [-0.15, -0.1) is 0 Å². The molecule has 0 heterocycles. The van der Waals surface area contributed by atoms with Crippen LogP contribution in [0, 0.1) is 0 Å². The van der Waals surface area contributed by atoms with E-state index in [4.69, 9.17) is 4.74 Å². The number of rotatable bonds is 64. The quantitative estimate of drug-likeness (QED) is 0.0320. The highest BCUT2D eigenvalue weighted by Gasteiger charge is 2.18. The molecule has 0 fully saturated rings. The maximum absolute atomic E-state index is 12.5. The monoisotopic (exact) mass is 1060 g/mol. The van der Waals surface area contributed by atoms with Crippen LogP contribution in [0.15, 0.2) is 24.3 Å². The molecule has 2 atom stereocenters. The molecule has 2 unspecified atom stereocenters. The van der Waals surface area contributed by atoms with Gasteiger partial charge in [-0.3, -0.25) is 9.59 Å². The van der Waals surface area contributed by atoms with Gasteiger partial charge < -0.3 is 20.3 Å². The molecule has 0 aliphatic carbocycles. The largest absolute Gasteiger partial charge is 0.466 e. The van der Waals surface area contributed by atoms with Crippen LogP contribution in [0.25, 0.3) is 0 Å². The number of unbranched alkanes of at least 4 members (excludes halogenated alkanes) is 51. The van der Waals surface area contributed by atoms with E-state index >= 15 is 0 Å². The number of carbonyl (C=O) groups is 2. The molecule has 0 aliphatic rings. The zero-order chi connectivity index (χ0) is 54.3. The molecule has 1 amide bonds. The van der Waals surface area contributed by atoms with Crippen molar-refractivity contribution in [2.75, 3.05) is 13.2 Å². The van der Waals surface area contributed by atoms with Gasteiger partial charge in [0.05, 0.1) is 25.4 Å². The molecule has 444 valence electrons. The van der Waals surface area contributed by atoms with Crippen molar-refractivity contribution in [2.24, 2.45) is 0 Å². The van der Waals surface area contributed by atoms with Gasteiger partial charge in [-0.2, -0.15) is 0 Å². The maximum Gasteiger partial charge on any atom is 0.305 e. The van der Waals surface area contributed by atoms with E-state index < -0.39 is 12.1 Å². The number of amides is 1. The van der Waals surface area contributed by atoms with E-state index in [1.165, 1.54) is 308 Å². The number of nitrogens with one attached hydrogen (secondary N) is 1. The first kappa shape index (κ1) is 73.3. The molecule has 0 aromatic carbocycles. The lowest BCUT2D eigenvalue weighted by Gasteiger charge is -2.20. The molecule has 0 aliphatic heterocycles. The highest BCUT2D eigenvalue weighted by Crippen LogP contribution is 2.18. The second-order valence-corrected chi connectivity index (χ2v) is 23.5. The van der Waals surface area contributed by atoms with Gasteiger partial charge in [-0.1, -0.05) is 334 Å². The minimum atomic E-state index is -0.848.